The average molecular weight is 297 g/mol. The molecule has 2 aliphatic rings. The van der Waals surface area contributed by atoms with Crippen LogP contribution in [0.1, 0.15) is 52.4 Å². The highest BCUT2D eigenvalue weighted by Crippen LogP contribution is 2.38. The summed E-state index contributed by atoms with van der Waals surface area (Å²) in [5, 5.41) is 9.51. The van der Waals surface area contributed by atoms with Crippen molar-refractivity contribution in [3.05, 3.63) is 0 Å². The molecule has 0 aromatic rings. The lowest BCUT2D eigenvalue weighted by Gasteiger charge is -2.29. The third-order valence-corrected chi connectivity index (χ3v) is 5.14. The second-order valence-corrected chi connectivity index (χ2v) is 6.71. The van der Waals surface area contributed by atoms with E-state index in [0.717, 1.165) is 25.9 Å². The van der Waals surface area contributed by atoms with Crippen LogP contribution in [0.4, 0.5) is 0 Å². The first-order chi connectivity index (χ1) is 9.95. The molecule has 2 aliphatic heterocycles. The Kier molecular flexibility index (Phi) is 5.25. The van der Waals surface area contributed by atoms with E-state index in [1.165, 1.54) is 6.42 Å². The molecule has 1 N–H and O–H groups in total. The fraction of sp³-hybridized carbons (Fsp3) is 0.875. The molecule has 5 heteroatoms. The number of hydrogen-bond acceptors (Lipinski definition) is 3. The van der Waals surface area contributed by atoms with Crippen molar-refractivity contribution in [1.82, 2.24) is 4.90 Å². The zero-order valence-corrected chi connectivity index (χ0v) is 13.1. The average Bonchev–Trinajstić information content (AvgIpc) is 2.92. The second-order valence-electron chi connectivity index (χ2n) is 6.71. The predicted octanol–water partition coefficient (Wildman–Crippen LogP) is 2.29. The minimum absolute atomic E-state index is 0.0366. The largest absolute Gasteiger partial charge is 0.481 e. The third kappa shape index (κ3) is 3.57. The molecule has 0 bridgehead atoms. The molecule has 0 aromatic heterocycles. The number of hydrogen-bond donors (Lipinski definition) is 1. The van der Waals surface area contributed by atoms with Gasteiger partial charge < -0.3 is 14.7 Å². The van der Waals surface area contributed by atoms with E-state index in [9.17, 15) is 14.7 Å². The van der Waals surface area contributed by atoms with Gasteiger partial charge in [-0.3, -0.25) is 9.59 Å². The number of amides is 1. The number of carbonyl (C=O) groups is 2. The Morgan fingerprint density at radius 3 is 2.67 bits per heavy atom. The maximum atomic E-state index is 12.3. The number of carboxylic acid groups (broad SMARTS) is 1. The summed E-state index contributed by atoms with van der Waals surface area (Å²) in [6, 6.07) is 0. The van der Waals surface area contributed by atoms with Crippen LogP contribution < -0.4 is 0 Å². The molecule has 2 fully saturated rings. The number of carboxylic acids is 1. The Hall–Kier alpha value is -1.10. The molecule has 0 saturated carbocycles. The first-order valence-electron chi connectivity index (χ1n) is 8.08. The molecule has 0 aromatic carbocycles. The van der Waals surface area contributed by atoms with Crippen LogP contribution in [0, 0.1) is 11.3 Å². The minimum Gasteiger partial charge on any atom is -0.481 e. The van der Waals surface area contributed by atoms with Crippen molar-refractivity contribution in [2.24, 2.45) is 11.3 Å². The van der Waals surface area contributed by atoms with Crippen molar-refractivity contribution in [3.8, 4) is 0 Å². The fourth-order valence-corrected chi connectivity index (χ4v) is 3.42. The summed E-state index contributed by atoms with van der Waals surface area (Å²) in [4.78, 5) is 25.6. The normalized spacial score (nSPS) is 29.9. The van der Waals surface area contributed by atoms with Gasteiger partial charge in [0, 0.05) is 26.1 Å². The molecule has 1 amide bonds. The number of rotatable bonds is 5. The summed E-state index contributed by atoms with van der Waals surface area (Å²) in [6.45, 7) is 5.58. The topological polar surface area (TPSA) is 66.8 Å². The van der Waals surface area contributed by atoms with Gasteiger partial charge in [0.15, 0.2) is 0 Å². The molecule has 0 radical (unpaired) electrons. The monoisotopic (exact) mass is 297 g/mol. The molecule has 21 heavy (non-hydrogen) atoms. The smallest absolute Gasteiger partial charge is 0.311 e. The van der Waals surface area contributed by atoms with Crippen molar-refractivity contribution < 1.29 is 19.4 Å². The van der Waals surface area contributed by atoms with Gasteiger partial charge in [0.1, 0.15) is 0 Å². The lowest BCUT2D eigenvalue weighted by atomic mass is 9.76. The van der Waals surface area contributed by atoms with Gasteiger partial charge in [-0.25, -0.2) is 0 Å². The number of likely N-dealkylation sites (tertiary alicyclic amines) is 1. The highest BCUT2D eigenvalue weighted by molar-refractivity contribution is 5.80. The maximum absolute atomic E-state index is 12.3. The second kappa shape index (κ2) is 6.77. The number of carbonyl (C=O) groups excluding carboxylic acids is 1. The molecule has 2 rings (SSSR count). The Balaban J connectivity index is 1.85. The molecule has 2 heterocycles. The van der Waals surface area contributed by atoms with Crippen LogP contribution in [0.3, 0.4) is 0 Å². The van der Waals surface area contributed by atoms with E-state index in [4.69, 9.17) is 4.74 Å². The Labute approximate surface area is 126 Å². The molecule has 2 saturated heterocycles. The van der Waals surface area contributed by atoms with Crippen LogP contribution in [0.2, 0.25) is 0 Å². The van der Waals surface area contributed by atoms with Crippen LogP contribution in [0.15, 0.2) is 0 Å². The standard InChI is InChI=1S/C16H27NO4/c1-12(2)16(15(19)20)8-9-17(11-16)14(18)7-6-13-5-3-4-10-21-13/h12-13H,3-11H2,1-2H3,(H,19,20). The van der Waals surface area contributed by atoms with Crippen molar-refractivity contribution in [1.29, 1.82) is 0 Å². The molecule has 5 nitrogen and oxygen atoms in total. The third-order valence-electron chi connectivity index (χ3n) is 5.14. The fourth-order valence-electron chi connectivity index (χ4n) is 3.42. The van der Waals surface area contributed by atoms with E-state index in [1.54, 1.807) is 4.90 Å². The Morgan fingerprint density at radius 1 is 1.38 bits per heavy atom. The molecule has 0 spiro atoms. The summed E-state index contributed by atoms with van der Waals surface area (Å²) in [5.41, 5.74) is -0.767. The van der Waals surface area contributed by atoms with Crippen molar-refractivity contribution in [3.63, 3.8) is 0 Å². The van der Waals surface area contributed by atoms with E-state index in [1.807, 2.05) is 13.8 Å². The van der Waals surface area contributed by atoms with Crippen LogP contribution in [0.5, 0.6) is 0 Å². The van der Waals surface area contributed by atoms with Crippen molar-refractivity contribution in [2.45, 2.75) is 58.5 Å². The van der Waals surface area contributed by atoms with Gasteiger partial charge in [0.05, 0.1) is 11.5 Å². The Bertz CT molecular complexity index is 390. The van der Waals surface area contributed by atoms with E-state index in [2.05, 4.69) is 0 Å². The SMILES string of the molecule is CC(C)C1(C(=O)O)CCN(C(=O)CCC2CCCCO2)C1. The van der Waals surface area contributed by atoms with Crippen molar-refractivity contribution >= 4 is 11.9 Å². The van der Waals surface area contributed by atoms with E-state index in [-0.39, 0.29) is 17.9 Å². The minimum atomic E-state index is -0.775. The van der Waals surface area contributed by atoms with Gasteiger partial charge in [0.25, 0.3) is 0 Å². The van der Waals surface area contributed by atoms with Crippen molar-refractivity contribution in [2.75, 3.05) is 19.7 Å². The lowest BCUT2D eigenvalue weighted by Crippen LogP contribution is -2.40. The number of nitrogens with zero attached hydrogens (tertiary/aromatic N) is 1. The first-order valence-corrected chi connectivity index (χ1v) is 8.08. The van der Waals surface area contributed by atoms with E-state index in [0.29, 0.717) is 25.9 Å². The van der Waals surface area contributed by atoms with Gasteiger partial charge >= 0.3 is 5.97 Å². The van der Waals surface area contributed by atoms with Gasteiger partial charge in [-0.2, -0.15) is 0 Å². The van der Waals surface area contributed by atoms with Crippen LogP contribution in [0.25, 0.3) is 0 Å². The van der Waals surface area contributed by atoms with Crippen LogP contribution in [-0.4, -0.2) is 47.7 Å². The maximum Gasteiger partial charge on any atom is 0.311 e. The van der Waals surface area contributed by atoms with E-state index < -0.39 is 11.4 Å². The number of aliphatic carboxylic acids is 1. The quantitative estimate of drug-likeness (QED) is 0.845. The van der Waals surface area contributed by atoms with Gasteiger partial charge in [-0.05, 0) is 38.0 Å². The highest BCUT2D eigenvalue weighted by atomic mass is 16.5. The molecular weight excluding hydrogens is 270 g/mol. The molecule has 2 unspecified atom stereocenters. The first kappa shape index (κ1) is 16.3. The summed E-state index contributed by atoms with van der Waals surface area (Å²) in [7, 11) is 0. The number of ether oxygens (including phenoxy) is 1. The zero-order chi connectivity index (χ0) is 15.5. The molecule has 0 aliphatic carbocycles. The zero-order valence-electron chi connectivity index (χ0n) is 13.1. The van der Waals surface area contributed by atoms with Gasteiger partial charge in [0.2, 0.25) is 5.91 Å². The molecule has 120 valence electrons. The van der Waals surface area contributed by atoms with Gasteiger partial charge in [-0.15, -0.1) is 0 Å². The van der Waals surface area contributed by atoms with E-state index >= 15 is 0 Å². The van der Waals surface area contributed by atoms with Crippen LogP contribution >= 0.6 is 0 Å². The summed E-state index contributed by atoms with van der Waals surface area (Å²) in [6.07, 6.45) is 5.34. The predicted molar refractivity (Wildman–Crippen MR) is 78.9 cm³/mol. The summed E-state index contributed by atoms with van der Waals surface area (Å²) in [5.74, 6) is -0.661. The molecular formula is C16H27NO4. The summed E-state index contributed by atoms with van der Waals surface area (Å²) < 4.78 is 5.64. The van der Waals surface area contributed by atoms with Crippen LogP contribution in [-0.2, 0) is 14.3 Å². The molecule has 2 atom stereocenters. The Morgan fingerprint density at radius 2 is 2.14 bits per heavy atom. The highest BCUT2D eigenvalue weighted by Gasteiger charge is 2.48. The lowest BCUT2D eigenvalue weighted by molar-refractivity contribution is -0.151. The van der Waals surface area contributed by atoms with Gasteiger partial charge in [-0.1, -0.05) is 13.8 Å². The summed E-state index contributed by atoms with van der Waals surface area (Å²) >= 11 is 0.